The second-order valence-corrected chi connectivity index (χ2v) is 9.51. The molecule has 10 heteroatoms. The number of rotatable bonds is 2. The minimum Gasteiger partial charge on any atom is -0.457 e. The minimum atomic E-state index is -0.443. The standard InChI is InChI=1S/C28H31N5O5/c1-2-32-16-26(34)31-24-15-33(28(36)23-14-29-18-30-23)10-9-25(24)37-17-20-6-4-8-22(12-20)38-21-7-3-5-19(11-21)13-27(32)35/h3-8,11-12,14,18,24-25H,2,9-10,13,15-17H2,1H3,(H,29,30)(H,31,34)/t24-,25-/m0/s1. The van der Waals surface area contributed by atoms with Gasteiger partial charge in [-0.3, -0.25) is 14.4 Å². The minimum absolute atomic E-state index is 0.0793. The number of benzene rings is 2. The van der Waals surface area contributed by atoms with E-state index in [1.54, 1.807) is 4.90 Å². The Bertz CT molecular complexity index is 1290. The summed E-state index contributed by atoms with van der Waals surface area (Å²) in [5.74, 6) is 0.666. The van der Waals surface area contributed by atoms with Gasteiger partial charge in [0.05, 0.1) is 44.2 Å². The number of carbonyl (C=O) groups excluding carboxylic acids is 3. The summed E-state index contributed by atoms with van der Waals surface area (Å²) in [7, 11) is 0. The molecule has 2 aliphatic heterocycles. The number of likely N-dealkylation sites (tertiary alicyclic amines) is 1. The molecule has 3 heterocycles. The van der Waals surface area contributed by atoms with Crippen LogP contribution in [-0.4, -0.2) is 75.8 Å². The number of imidazole rings is 1. The first-order chi connectivity index (χ1) is 18.5. The molecule has 2 aromatic carbocycles. The molecule has 0 radical (unpaired) electrons. The molecule has 198 valence electrons. The number of ether oxygens (including phenoxy) is 2. The van der Waals surface area contributed by atoms with E-state index in [0.29, 0.717) is 43.3 Å². The van der Waals surface area contributed by atoms with Gasteiger partial charge in [-0.2, -0.15) is 0 Å². The van der Waals surface area contributed by atoms with Crippen molar-refractivity contribution in [1.82, 2.24) is 25.1 Å². The van der Waals surface area contributed by atoms with Crippen molar-refractivity contribution in [2.24, 2.45) is 0 Å². The number of nitrogens with zero attached hydrogens (tertiary/aromatic N) is 3. The molecule has 0 spiro atoms. The first-order valence-corrected chi connectivity index (χ1v) is 12.8. The topological polar surface area (TPSA) is 117 Å². The van der Waals surface area contributed by atoms with Crippen molar-refractivity contribution in [3.63, 3.8) is 0 Å². The van der Waals surface area contributed by atoms with Crippen molar-refractivity contribution >= 4 is 17.7 Å². The van der Waals surface area contributed by atoms with Crippen molar-refractivity contribution < 1.29 is 23.9 Å². The van der Waals surface area contributed by atoms with Crippen molar-refractivity contribution in [2.45, 2.75) is 38.5 Å². The van der Waals surface area contributed by atoms with E-state index in [9.17, 15) is 14.4 Å². The molecular formula is C28H31N5O5. The average molecular weight is 518 g/mol. The zero-order valence-corrected chi connectivity index (χ0v) is 21.3. The first kappa shape index (κ1) is 25.5. The number of carbonyl (C=O) groups is 3. The normalized spacial score (nSPS) is 20.7. The van der Waals surface area contributed by atoms with E-state index >= 15 is 0 Å². The highest BCUT2D eigenvalue weighted by Crippen LogP contribution is 2.25. The second-order valence-electron chi connectivity index (χ2n) is 9.51. The number of likely N-dealkylation sites (N-methyl/N-ethyl adjacent to an activating group) is 1. The monoisotopic (exact) mass is 517 g/mol. The molecular weight excluding hydrogens is 486 g/mol. The van der Waals surface area contributed by atoms with Gasteiger partial charge in [0, 0.05) is 19.6 Å². The summed E-state index contributed by atoms with van der Waals surface area (Å²) in [6, 6.07) is 14.6. The van der Waals surface area contributed by atoms with Crippen LogP contribution < -0.4 is 10.1 Å². The highest BCUT2D eigenvalue weighted by molar-refractivity contribution is 5.92. The van der Waals surface area contributed by atoms with Crippen molar-refractivity contribution in [2.75, 3.05) is 26.2 Å². The van der Waals surface area contributed by atoms with E-state index in [-0.39, 0.29) is 43.3 Å². The van der Waals surface area contributed by atoms with Crippen LogP contribution in [-0.2, 0) is 27.4 Å². The highest BCUT2D eigenvalue weighted by Gasteiger charge is 2.34. The summed E-state index contributed by atoms with van der Waals surface area (Å²) < 4.78 is 12.4. The van der Waals surface area contributed by atoms with Gasteiger partial charge in [0.1, 0.15) is 17.2 Å². The van der Waals surface area contributed by atoms with Gasteiger partial charge in [0.2, 0.25) is 11.8 Å². The zero-order chi connectivity index (χ0) is 26.5. The molecule has 0 aliphatic carbocycles. The quantitative estimate of drug-likeness (QED) is 0.540. The van der Waals surface area contributed by atoms with Gasteiger partial charge in [-0.25, -0.2) is 4.98 Å². The predicted octanol–water partition coefficient (Wildman–Crippen LogP) is 2.52. The second kappa shape index (κ2) is 11.5. The largest absolute Gasteiger partial charge is 0.457 e. The van der Waals surface area contributed by atoms with Crippen LogP contribution >= 0.6 is 0 Å². The van der Waals surface area contributed by atoms with Crippen LogP contribution in [0, 0.1) is 0 Å². The van der Waals surface area contributed by atoms with Gasteiger partial charge in [0.25, 0.3) is 5.91 Å². The molecule has 4 bridgehead atoms. The Labute approximate surface area is 220 Å². The number of H-pyrrole nitrogens is 1. The molecule has 10 nitrogen and oxygen atoms in total. The lowest BCUT2D eigenvalue weighted by Crippen LogP contribution is -2.58. The predicted molar refractivity (Wildman–Crippen MR) is 139 cm³/mol. The molecule has 1 fully saturated rings. The van der Waals surface area contributed by atoms with Gasteiger partial charge in [-0.1, -0.05) is 24.3 Å². The number of hydrogen-bond donors (Lipinski definition) is 2. The van der Waals surface area contributed by atoms with Crippen LogP contribution in [0.15, 0.2) is 61.1 Å². The Morgan fingerprint density at radius 3 is 2.61 bits per heavy atom. The fourth-order valence-corrected chi connectivity index (χ4v) is 4.84. The van der Waals surface area contributed by atoms with Crippen LogP contribution in [0.2, 0.25) is 0 Å². The fourth-order valence-electron chi connectivity index (χ4n) is 4.84. The Hall–Kier alpha value is -4.18. The molecule has 2 aliphatic rings. The number of amides is 3. The average Bonchev–Trinajstić information content (AvgIpc) is 3.46. The summed E-state index contributed by atoms with van der Waals surface area (Å²) in [6.07, 6.45) is 3.33. The van der Waals surface area contributed by atoms with Gasteiger partial charge in [-0.15, -0.1) is 0 Å². The number of hydrogen-bond acceptors (Lipinski definition) is 6. The smallest absolute Gasteiger partial charge is 0.271 e. The van der Waals surface area contributed by atoms with E-state index in [1.165, 1.54) is 17.4 Å². The van der Waals surface area contributed by atoms with Crippen molar-refractivity contribution in [1.29, 1.82) is 0 Å². The third kappa shape index (κ3) is 6.03. The maximum absolute atomic E-state index is 13.1. The SMILES string of the molecule is CCN1CC(=O)N[C@H]2CN(C(=O)c3cnc[nH]3)CC[C@@H]2OCc2cccc(c2)Oc2cccc(c2)CC1=O. The summed E-state index contributed by atoms with van der Waals surface area (Å²) in [6.45, 7) is 3.24. The van der Waals surface area contributed by atoms with Crippen molar-refractivity contribution in [3.05, 3.63) is 77.9 Å². The van der Waals surface area contributed by atoms with Crippen LogP contribution in [0.25, 0.3) is 0 Å². The van der Waals surface area contributed by atoms with E-state index in [1.807, 2.05) is 55.5 Å². The van der Waals surface area contributed by atoms with Crippen LogP contribution in [0.1, 0.15) is 35.0 Å². The molecule has 5 rings (SSSR count). The molecule has 1 saturated heterocycles. The molecule has 2 N–H and O–H groups in total. The maximum atomic E-state index is 13.1. The maximum Gasteiger partial charge on any atom is 0.271 e. The number of aromatic nitrogens is 2. The van der Waals surface area contributed by atoms with Gasteiger partial charge in [0.15, 0.2) is 0 Å². The fraction of sp³-hybridized carbons (Fsp3) is 0.357. The van der Waals surface area contributed by atoms with E-state index in [2.05, 4.69) is 15.3 Å². The lowest BCUT2D eigenvalue weighted by atomic mass is 10.0. The lowest BCUT2D eigenvalue weighted by Gasteiger charge is -2.39. The molecule has 0 unspecified atom stereocenters. The number of fused-ring (bicyclic) bond motifs is 5. The summed E-state index contributed by atoms with van der Waals surface area (Å²) in [5, 5.41) is 3.04. The third-order valence-electron chi connectivity index (χ3n) is 6.83. The number of piperidine rings is 1. The van der Waals surface area contributed by atoms with E-state index in [4.69, 9.17) is 9.47 Å². The van der Waals surface area contributed by atoms with E-state index in [0.717, 1.165) is 11.1 Å². The van der Waals surface area contributed by atoms with Crippen LogP contribution in [0.3, 0.4) is 0 Å². The number of nitrogens with one attached hydrogen (secondary N) is 2. The Kier molecular flexibility index (Phi) is 7.69. The van der Waals surface area contributed by atoms with Gasteiger partial charge in [-0.05, 0) is 48.7 Å². The highest BCUT2D eigenvalue weighted by atomic mass is 16.5. The Balaban J connectivity index is 1.40. The molecule has 3 amide bonds. The lowest BCUT2D eigenvalue weighted by molar-refractivity contribution is -0.136. The first-order valence-electron chi connectivity index (χ1n) is 12.8. The van der Waals surface area contributed by atoms with Gasteiger partial charge >= 0.3 is 0 Å². The molecule has 3 aromatic rings. The third-order valence-corrected chi connectivity index (χ3v) is 6.83. The number of aromatic amines is 1. The van der Waals surface area contributed by atoms with E-state index < -0.39 is 6.04 Å². The van der Waals surface area contributed by atoms with Crippen LogP contribution in [0.5, 0.6) is 11.5 Å². The molecule has 2 atom stereocenters. The summed E-state index contributed by atoms with van der Waals surface area (Å²) in [4.78, 5) is 49.1. The Morgan fingerprint density at radius 1 is 1.11 bits per heavy atom. The zero-order valence-electron chi connectivity index (χ0n) is 21.3. The summed E-state index contributed by atoms with van der Waals surface area (Å²) in [5.41, 5.74) is 2.12. The molecule has 0 saturated carbocycles. The van der Waals surface area contributed by atoms with Gasteiger partial charge < -0.3 is 29.6 Å². The van der Waals surface area contributed by atoms with Crippen molar-refractivity contribution in [3.8, 4) is 11.5 Å². The molecule has 1 aromatic heterocycles. The molecule has 38 heavy (non-hydrogen) atoms. The Morgan fingerprint density at radius 2 is 1.87 bits per heavy atom. The summed E-state index contributed by atoms with van der Waals surface area (Å²) >= 11 is 0. The van der Waals surface area contributed by atoms with Crippen LogP contribution in [0.4, 0.5) is 0 Å².